The molecular formula is C20H26N2O3. The summed E-state index contributed by atoms with van der Waals surface area (Å²) in [6.45, 7) is 4.48. The topological polar surface area (TPSA) is 59.6 Å². The van der Waals surface area contributed by atoms with Crippen molar-refractivity contribution in [3.05, 3.63) is 59.7 Å². The van der Waals surface area contributed by atoms with E-state index in [4.69, 9.17) is 9.47 Å². The number of hydrogen-bond acceptors (Lipinski definition) is 4. The lowest BCUT2D eigenvalue weighted by molar-refractivity contribution is -0.118. The van der Waals surface area contributed by atoms with E-state index in [1.807, 2.05) is 62.4 Å². The lowest BCUT2D eigenvalue weighted by Gasteiger charge is -2.23. The molecule has 0 aromatic heterocycles. The Morgan fingerprint density at radius 1 is 1.12 bits per heavy atom. The van der Waals surface area contributed by atoms with Crippen molar-refractivity contribution in [1.29, 1.82) is 0 Å². The average Bonchev–Trinajstić information content (AvgIpc) is 2.61. The highest BCUT2D eigenvalue weighted by atomic mass is 16.5. The third-order valence-corrected chi connectivity index (χ3v) is 3.88. The van der Waals surface area contributed by atoms with E-state index in [0.717, 1.165) is 11.1 Å². The third kappa shape index (κ3) is 5.31. The zero-order valence-electron chi connectivity index (χ0n) is 15.2. The summed E-state index contributed by atoms with van der Waals surface area (Å²) >= 11 is 0. The van der Waals surface area contributed by atoms with E-state index in [-0.39, 0.29) is 11.9 Å². The number of ether oxygens (including phenoxy) is 2. The van der Waals surface area contributed by atoms with Crippen LogP contribution < -0.4 is 15.4 Å². The maximum atomic E-state index is 13.0. The SMILES string of the molecule is COCC(C)NC(C(=O)Nc1cc(C)ccc1OC)c1ccccc1. The molecule has 1 amide bonds. The van der Waals surface area contributed by atoms with Gasteiger partial charge in [-0.3, -0.25) is 10.1 Å². The van der Waals surface area contributed by atoms with Gasteiger partial charge in [-0.25, -0.2) is 0 Å². The maximum Gasteiger partial charge on any atom is 0.246 e. The van der Waals surface area contributed by atoms with E-state index < -0.39 is 6.04 Å². The van der Waals surface area contributed by atoms with Gasteiger partial charge < -0.3 is 14.8 Å². The lowest BCUT2D eigenvalue weighted by Crippen LogP contribution is -2.40. The van der Waals surface area contributed by atoms with E-state index in [9.17, 15) is 4.79 Å². The van der Waals surface area contributed by atoms with Crippen molar-refractivity contribution in [2.24, 2.45) is 0 Å². The van der Waals surface area contributed by atoms with E-state index in [0.29, 0.717) is 18.0 Å². The second-order valence-electron chi connectivity index (χ2n) is 6.06. The van der Waals surface area contributed by atoms with Crippen LogP contribution in [-0.4, -0.2) is 32.8 Å². The van der Waals surface area contributed by atoms with Crippen LogP contribution in [0.1, 0.15) is 24.1 Å². The highest BCUT2D eigenvalue weighted by Crippen LogP contribution is 2.26. The predicted octanol–water partition coefficient (Wildman–Crippen LogP) is 3.31. The Balaban J connectivity index is 2.25. The van der Waals surface area contributed by atoms with Gasteiger partial charge in [0.25, 0.3) is 0 Å². The van der Waals surface area contributed by atoms with Crippen LogP contribution in [0.4, 0.5) is 5.69 Å². The molecule has 0 fully saturated rings. The summed E-state index contributed by atoms with van der Waals surface area (Å²) in [6.07, 6.45) is 0. The number of carbonyl (C=O) groups is 1. The second kappa shape index (κ2) is 9.20. The third-order valence-electron chi connectivity index (χ3n) is 3.88. The molecule has 25 heavy (non-hydrogen) atoms. The maximum absolute atomic E-state index is 13.0. The number of carbonyl (C=O) groups excluding carboxylic acids is 1. The molecule has 0 saturated heterocycles. The first-order valence-corrected chi connectivity index (χ1v) is 8.30. The summed E-state index contributed by atoms with van der Waals surface area (Å²) in [4.78, 5) is 13.0. The standard InChI is InChI=1S/C20H26N2O3/c1-14-10-11-18(25-4)17(12-14)22-20(23)19(21-15(2)13-24-3)16-8-6-5-7-9-16/h5-12,15,19,21H,13H2,1-4H3,(H,22,23). The summed E-state index contributed by atoms with van der Waals surface area (Å²) in [5, 5.41) is 6.31. The summed E-state index contributed by atoms with van der Waals surface area (Å²) in [6, 6.07) is 14.9. The molecule has 134 valence electrons. The van der Waals surface area contributed by atoms with E-state index in [1.54, 1.807) is 14.2 Å². The fourth-order valence-corrected chi connectivity index (χ4v) is 2.68. The zero-order valence-corrected chi connectivity index (χ0v) is 15.2. The Bertz CT molecular complexity index is 689. The first-order valence-electron chi connectivity index (χ1n) is 8.30. The molecule has 0 bridgehead atoms. The Labute approximate surface area is 149 Å². The Kier molecular flexibility index (Phi) is 6.98. The lowest BCUT2D eigenvalue weighted by atomic mass is 10.0. The molecular weight excluding hydrogens is 316 g/mol. The normalized spacial score (nSPS) is 13.1. The van der Waals surface area contributed by atoms with Crippen molar-refractivity contribution in [2.75, 3.05) is 26.1 Å². The number of aryl methyl sites for hydroxylation is 1. The molecule has 2 atom stereocenters. The predicted molar refractivity (Wildman–Crippen MR) is 100 cm³/mol. The van der Waals surface area contributed by atoms with Gasteiger partial charge in [0.2, 0.25) is 5.91 Å². The highest BCUT2D eigenvalue weighted by Gasteiger charge is 2.23. The highest BCUT2D eigenvalue weighted by molar-refractivity contribution is 5.96. The molecule has 2 aromatic carbocycles. The van der Waals surface area contributed by atoms with Gasteiger partial charge in [-0.05, 0) is 37.1 Å². The Morgan fingerprint density at radius 3 is 2.48 bits per heavy atom. The monoisotopic (exact) mass is 342 g/mol. The van der Waals surface area contributed by atoms with Crippen LogP contribution in [0.3, 0.4) is 0 Å². The quantitative estimate of drug-likeness (QED) is 0.773. The molecule has 0 radical (unpaired) electrons. The van der Waals surface area contributed by atoms with Crippen LogP contribution in [0.15, 0.2) is 48.5 Å². The number of anilines is 1. The molecule has 0 aliphatic carbocycles. The van der Waals surface area contributed by atoms with Gasteiger partial charge in [-0.15, -0.1) is 0 Å². The Morgan fingerprint density at radius 2 is 1.84 bits per heavy atom. The summed E-state index contributed by atoms with van der Waals surface area (Å²) in [7, 11) is 3.24. The minimum Gasteiger partial charge on any atom is -0.495 e. The van der Waals surface area contributed by atoms with Crippen molar-refractivity contribution in [2.45, 2.75) is 25.9 Å². The smallest absolute Gasteiger partial charge is 0.246 e. The van der Waals surface area contributed by atoms with Crippen molar-refractivity contribution in [3.8, 4) is 5.75 Å². The number of hydrogen-bond donors (Lipinski definition) is 2. The van der Waals surface area contributed by atoms with Crippen molar-refractivity contribution < 1.29 is 14.3 Å². The van der Waals surface area contributed by atoms with E-state index >= 15 is 0 Å². The van der Waals surface area contributed by atoms with Gasteiger partial charge in [-0.2, -0.15) is 0 Å². The summed E-state index contributed by atoms with van der Waals surface area (Å²) in [5.74, 6) is 0.494. The first kappa shape index (κ1) is 19.0. The van der Waals surface area contributed by atoms with Crippen LogP contribution in [-0.2, 0) is 9.53 Å². The number of benzene rings is 2. The van der Waals surface area contributed by atoms with Crippen LogP contribution in [0, 0.1) is 6.92 Å². The zero-order chi connectivity index (χ0) is 18.2. The summed E-state index contributed by atoms with van der Waals surface area (Å²) < 4.78 is 10.5. The average molecular weight is 342 g/mol. The fourth-order valence-electron chi connectivity index (χ4n) is 2.68. The molecule has 2 unspecified atom stereocenters. The molecule has 2 N–H and O–H groups in total. The Hall–Kier alpha value is -2.37. The molecule has 0 aliphatic heterocycles. The molecule has 2 rings (SSSR count). The summed E-state index contributed by atoms with van der Waals surface area (Å²) in [5.41, 5.74) is 2.61. The molecule has 0 heterocycles. The minimum absolute atomic E-state index is 0.0281. The van der Waals surface area contributed by atoms with Crippen molar-refractivity contribution in [3.63, 3.8) is 0 Å². The van der Waals surface area contributed by atoms with Gasteiger partial charge in [-0.1, -0.05) is 36.4 Å². The van der Waals surface area contributed by atoms with Crippen LogP contribution >= 0.6 is 0 Å². The molecule has 0 saturated carbocycles. The molecule has 2 aromatic rings. The van der Waals surface area contributed by atoms with Crippen molar-refractivity contribution in [1.82, 2.24) is 5.32 Å². The van der Waals surface area contributed by atoms with Gasteiger partial charge in [0.05, 0.1) is 19.4 Å². The molecule has 0 aliphatic rings. The number of nitrogens with one attached hydrogen (secondary N) is 2. The molecule has 5 heteroatoms. The number of rotatable bonds is 8. The molecule has 0 spiro atoms. The van der Waals surface area contributed by atoms with E-state index in [1.165, 1.54) is 0 Å². The number of methoxy groups -OCH3 is 2. The fraction of sp³-hybridized carbons (Fsp3) is 0.350. The van der Waals surface area contributed by atoms with Crippen molar-refractivity contribution >= 4 is 11.6 Å². The minimum atomic E-state index is -0.489. The van der Waals surface area contributed by atoms with Crippen LogP contribution in [0.5, 0.6) is 5.75 Å². The van der Waals surface area contributed by atoms with Gasteiger partial charge in [0, 0.05) is 13.2 Å². The van der Waals surface area contributed by atoms with Crippen LogP contribution in [0.25, 0.3) is 0 Å². The van der Waals surface area contributed by atoms with E-state index in [2.05, 4.69) is 10.6 Å². The largest absolute Gasteiger partial charge is 0.495 e. The van der Waals surface area contributed by atoms with Gasteiger partial charge in [0.1, 0.15) is 11.8 Å². The second-order valence-corrected chi connectivity index (χ2v) is 6.06. The van der Waals surface area contributed by atoms with Gasteiger partial charge >= 0.3 is 0 Å². The van der Waals surface area contributed by atoms with Gasteiger partial charge in [0.15, 0.2) is 0 Å². The van der Waals surface area contributed by atoms with Crippen LogP contribution in [0.2, 0.25) is 0 Å². The first-order chi connectivity index (χ1) is 12.0. The number of amides is 1. The molecule has 5 nitrogen and oxygen atoms in total.